The van der Waals surface area contributed by atoms with Crippen molar-refractivity contribution >= 4 is 28.5 Å². The van der Waals surface area contributed by atoms with Gasteiger partial charge in [-0.2, -0.15) is 9.97 Å². The van der Waals surface area contributed by atoms with Gasteiger partial charge in [0.25, 0.3) is 0 Å². The molecule has 0 unspecified atom stereocenters. The number of anilines is 3. The van der Waals surface area contributed by atoms with E-state index >= 15 is 0 Å². The quantitative estimate of drug-likeness (QED) is 0.507. The number of aryl methyl sites for hydroxylation is 1. The van der Waals surface area contributed by atoms with E-state index in [9.17, 15) is 0 Å². The monoisotopic (exact) mass is 382 g/mol. The zero-order chi connectivity index (χ0) is 20.1. The van der Waals surface area contributed by atoms with Crippen molar-refractivity contribution in [1.29, 1.82) is 0 Å². The Bertz CT molecular complexity index is 977. The van der Waals surface area contributed by atoms with Crippen molar-refractivity contribution in [2.24, 2.45) is 0 Å². The van der Waals surface area contributed by atoms with E-state index < -0.39 is 0 Å². The second-order valence-electron chi connectivity index (χ2n) is 6.49. The maximum absolute atomic E-state index is 6.03. The van der Waals surface area contributed by atoms with Crippen molar-refractivity contribution in [2.75, 3.05) is 30.5 Å². The van der Waals surface area contributed by atoms with Crippen LogP contribution in [0.5, 0.6) is 11.5 Å². The average Bonchev–Trinajstić information content (AvgIpc) is 2.67. The molecule has 0 aliphatic rings. The minimum absolute atomic E-state index is 0.118. The lowest BCUT2D eigenvalue weighted by molar-refractivity contribution is 0.309. The third kappa shape index (κ3) is 4.16. The molecule has 0 aliphatic heterocycles. The number of unbranched alkanes of at least 4 members (excludes halogenated alkanes) is 1. The number of pyridine rings is 1. The van der Waals surface area contributed by atoms with Crippen molar-refractivity contribution in [3.8, 4) is 11.5 Å². The molecule has 3 aromatic rings. The number of ether oxygens (including phenoxy) is 2. The highest BCUT2D eigenvalue weighted by molar-refractivity contribution is 5.90. The Balaban J connectivity index is 1.83. The number of fused-ring (bicyclic) bond motifs is 1. The summed E-state index contributed by atoms with van der Waals surface area (Å²) < 4.78 is 11.3. The third-order valence-corrected chi connectivity index (χ3v) is 4.54. The lowest BCUT2D eigenvalue weighted by Crippen LogP contribution is -2.07. The first-order valence-electron chi connectivity index (χ1n) is 9.25. The number of nitrogens with zero attached hydrogens (tertiary/aromatic N) is 3. The molecule has 28 heavy (non-hydrogen) atoms. The van der Waals surface area contributed by atoms with Crippen molar-refractivity contribution in [1.82, 2.24) is 15.0 Å². The lowest BCUT2D eigenvalue weighted by Gasteiger charge is -2.15. The Morgan fingerprint density at radius 1 is 1.18 bits per heavy atom. The molecule has 2 aromatic heterocycles. The fourth-order valence-corrected chi connectivity index (χ4v) is 2.95. The molecule has 0 saturated heterocycles. The molecule has 3 rings (SSSR count). The summed E-state index contributed by atoms with van der Waals surface area (Å²) >= 11 is 0. The minimum Gasteiger partial charge on any atom is -0.495 e. The van der Waals surface area contributed by atoms with Crippen LogP contribution in [-0.4, -0.2) is 28.7 Å². The first-order valence-corrected chi connectivity index (χ1v) is 9.25. The highest BCUT2D eigenvalue weighted by atomic mass is 16.5. The summed E-state index contributed by atoms with van der Waals surface area (Å²) in [6.45, 7) is 5.33. The summed E-state index contributed by atoms with van der Waals surface area (Å²) in [5.41, 5.74) is 15.0. The first kappa shape index (κ1) is 19.5. The Morgan fingerprint density at radius 3 is 2.75 bits per heavy atom. The number of nitrogen functional groups attached to an aromatic ring is 2. The molecule has 0 amide bonds. The number of hydrogen-bond acceptors (Lipinski definition) is 8. The van der Waals surface area contributed by atoms with E-state index in [-0.39, 0.29) is 5.95 Å². The number of benzene rings is 1. The van der Waals surface area contributed by atoms with Crippen molar-refractivity contribution in [3.05, 3.63) is 35.5 Å². The predicted octanol–water partition coefficient (Wildman–Crippen LogP) is 3.30. The number of hydrogen-bond donors (Lipinski definition) is 3. The predicted molar refractivity (Wildman–Crippen MR) is 112 cm³/mol. The third-order valence-electron chi connectivity index (χ3n) is 4.54. The molecule has 5 N–H and O–H groups in total. The first-order chi connectivity index (χ1) is 13.5. The fraction of sp³-hybridized carbons (Fsp3) is 0.350. The molecule has 8 nitrogen and oxygen atoms in total. The average molecular weight is 382 g/mol. The van der Waals surface area contributed by atoms with Crippen LogP contribution in [0.15, 0.2) is 24.4 Å². The Labute approximate surface area is 164 Å². The van der Waals surface area contributed by atoms with Gasteiger partial charge in [0, 0.05) is 18.8 Å². The van der Waals surface area contributed by atoms with E-state index in [4.69, 9.17) is 20.9 Å². The topological polar surface area (TPSA) is 121 Å². The van der Waals surface area contributed by atoms with Crippen LogP contribution in [0.1, 0.15) is 30.9 Å². The standard InChI is InChI=1S/C20H26N6O2/c1-4-5-8-28-14-6-7-16(27-3)15(9-14)23-10-13-11-24-19-17(12(13)2)18(21)25-20(22)26-19/h6-7,9,11,23H,4-5,8,10H2,1-3H3,(H4,21,22,24,25,26). The van der Waals surface area contributed by atoms with E-state index in [1.165, 1.54) is 0 Å². The number of aromatic nitrogens is 3. The lowest BCUT2D eigenvalue weighted by atomic mass is 10.1. The Hall–Kier alpha value is -3.29. The van der Waals surface area contributed by atoms with Gasteiger partial charge in [0.1, 0.15) is 17.3 Å². The molecule has 148 valence electrons. The summed E-state index contributed by atoms with van der Waals surface area (Å²) in [4.78, 5) is 12.6. The SMILES string of the molecule is CCCCOc1ccc(OC)c(NCc2cnc3nc(N)nc(N)c3c2C)c1. The summed E-state index contributed by atoms with van der Waals surface area (Å²) in [6.07, 6.45) is 3.88. The number of rotatable bonds is 8. The van der Waals surface area contributed by atoms with E-state index in [1.54, 1.807) is 13.3 Å². The molecule has 1 aromatic carbocycles. The van der Waals surface area contributed by atoms with Crippen LogP contribution < -0.4 is 26.3 Å². The molecular weight excluding hydrogens is 356 g/mol. The molecule has 8 heteroatoms. The molecule has 0 saturated carbocycles. The van der Waals surface area contributed by atoms with Gasteiger partial charge in [-0.05, 0) is 36.6 Å². The van der Waals surface area contributed by atoms with Crippen LogP contribution in [0, 0.1) is 6.92 Å². The van der Waals surface area contributed by atoms with E-state index in [1.807, 2.05) is 25.1 Å². The van der Waals surface area contributed by atoms with Crippen molar-refractivity contribution < 1.29 is 9.47 Å². The van der Waals surface area contributed by atoms with Crippen LogP contribution in [0.2, 0.25) is 0 Å². The maximum atomic E-state index is 6.03. The fourth-order valence-electron chi connectivity index (χ4n) is 2.95. The summed E-state index contributed by atoms with van der Waals surface area (Å²) in [7, 11) is 1.64. The minimum atomic E-state index is 0.118. The van der Waals surface area contributed by atoms with Gasteiger partial charge in [-0.15, -0.1) is 0 Å². The normalized spacial score (nSPS) is 10.8. The van der Waals surface area contributed by atoms with Gasteiger partial charge in [0.2, 0.25) is 5.95 Å². The van der Waals surface area contributed by atoms with Gasteiger partial charge in [0.05, 0.1) is 24.8 Å². The highest BCUT2D eigenvalue weighted by Gasteiger charge is 2.12. The smallest absolute Gasteiger partial charge is 0.224 e. The van der Waals surface area contributed by atoms with E-state index in [0.717, 1.165) is 46.5 Å². The number of nitrogens with one attached hydrogen (secondary N) is 1. The zero-order valence-corrected chi connectivity index (χ0v) is 16.5. The summed E-state index contributed by atoms with van der Waals surface area (Å²) in [5.74, 6) is 1.99. The number of methoxy groups -OCH3 is 1. The van der Waals surface area contributed by atoms with Crippen LogP contribution in [0.25, 0.3) is 11.0 Å². The van der Waals surface area contributed by atoms with E-state index in [0.29, 0.717) is 24.6 Å². The van der Waals surface area contributed by atoms with Crippen LogP contribution >= 0.6 is 0 Å². The molecule has 0 atom stereocenters. The van der Waals surface area contributed by atoms with Gasteiger partial charge >= 0.3 is 0 Å². The van der Waals surface area contributed by atoms with Gasteiger partial charge in [-0.1, -0.05) is 13.3 Å². The second-order valence-corrected chi connectivity index (χ2v) is 6.49. The molecule has 0 radical (unpaired) electrons. The largest absolute Gasteiger partial charge is 0.495 e. The highest BCUT2D eigenvalue weighted by Crippen LogP contribution is 2.30. The maximum Gasteiger partial charge on any atom is 0.224 e. The Kier molecular flexibility index (Phi) is 5.98. The van der Waals surface area contributed by atoms with Crippen LogP contribution in [0.3, 0.4) is 0 Å². The molecule has 0 aliphatic carbocycles. The molecule has 0 fully saturated rings. The summed E-state index contributed by atoms with van der Waals surface area (Å²) in [6, 6.07) is 5.74. The zero-order valence-electron chi connectivity index (χ0n) is 16.5. The van der Waals surface area contributed by atoms with Crippen molar-refractivity contribution in [2.45, 2.75) is 33.2 Å². The number of nitrogens with two attached hydrogens (primary N) is 2. The van der Waals surface area contributed by atoms with Gasteiger partial charge in [0.15, 0.2) is 5.65 Å². The molecule has 0 bridgehead atoms. The van der Waals surface area contributed by atoms with Crippen LogP contribution in [-0.2, 0) is 6.54 Å². The molecule has 0 spiro atoms. The second kappa shape index (κ2) is 8.60. The van der Waals surface area contributed by atoms with E-state index in [2.05, 4.69) is 27.2 Å². The van der Waals surface area contributed by atoms with Crippen LogP contribution in [0.4, 0.5) is 17.5 Å². The van der Waals surface area contributed by atoms with Gasteiger partial charge < -0.3 is 26.3 Å². The van der Waals surface area contributed by atoms with Gasteiger partial charge in [-0.3, -0.25) is 0 Å². The molecule has 2 heterocycles. The van der Waals surface area contributed by atoms with Gasteiger partial charge in [-0.25, -0.2) is 4.98 Å². The Morgan fingerprint density at radius 2 is 2.00 bits per heavy atom. The summed E-state index contributed by atoms with van der Waals surface area (Å²) in [5, 5.41) is 4.12. The molecular formula is C20H26N6O2. The van der Waals surface area contributed by atoms with Crippen molar-refractivity contribution in [3.63, 3.8) is 0 Å².